The normalized spacial score (nSPS) is 15.4. The largest absolute Gasteiger partial charge is 0.416 e. The second kappa shape index (κ2) is 6.83. The van der Waals surface area contributed by atoms with E-state index in [0.29, 0.717) is 28.2 Å². The lowest BCUT2D eigenvalue weighted by atomic mass is 9.93. The third-order valence-corrected chi connectivity index (χ3v) is 4.20. The molecule has 1 heterocycles. The number of benzene rings is 1. The summed E-state index contributed by atoms with van der Waals surface area (Å²) in [4.78, 5) is 8.62. The first-order valence-corrected chi connectivity index (χ1v) is 8.04. The molecule has 0 saturated carbocycles. The van der Waals surface area contributed by atoms with Crippen LogP contribution in [0.5, 0.6) is 0 Å². The van der Waals surface area contributed by atoms with Gasteiger partial charge in [0.05, 0.1) is 22.6 Å². The van der Waals surface area contributed by atoms with Gasteiger partial charge in [-0.05, 0) is 37.5 Å². The molecule has 3 rings (SSSR count). The number of aryl methyl sites for hydroxylation is 1. The van der Waals surface area contributed by atoms with Crippen molar-refractivity contribution < 1.29 is 26.3 Å². The number of aromatic nitrogens is 2. The van der Waals surface area contributed by atoms with Crippen molar-refractivity contribution >= 4 is 5.57 Å². The molecule has 0 bridgehead atoms. The zero-order valence-corrected chi connectivity index (χ0v) is 14.1. The number of nitrogens with zero attached hydrogens (tertiary/aromatic N) is 2. The maximum atomic E-state index is 12.8. The van der Waals surface area contributed by atoms with Crippen molar-refractivity contribution in [3.05, 3.63) is 65.1 Å². The monoisotopic (exact) mass is 384 g/mol. The predicted octanol–water partition coefficient (Wildman–Crippen LogP) is 6.14. The van der Waals surface area contributed by atoms with Gasteiger partial charge in [0.2, 0.25) is 0 Å². The zero-order chi connectivity index (χ0) is 19.8. The van der Waals surface area contributed by atoms with Gasteiger partial charge in [-0.25, -0.2) is 4.98 Å². The molecular formula is C19H14F6N2. The minimum atomic E-state index is -4.45. The van der Waals surface area contributed by atoms with Crippen molar-refractivity contribution in [1.82, 2.24) is 9.97 Å². The second-order valence-corrected chi connectivity index (χ2v) is 6.17. The molecule has 0 N–H and O–H groups in total. The van der Waals surface area contributed by atoms with Crippen LogP contribution in [0, 0.1) is 6.92 Å². The molecule has 1 aliphatic carbocycles. The molecule has 2 nitrogen and oxygen atoms in total. The number of allylic oxidation sites excluding steroid dienone is 4. The Balaban J connectivity index is 2.02. The Morgan fingerprint density at radius 3 is 2.00 bits per heavy atom. The summed E-state index contributed by atoms with van der Waals surface area (Å²) in [6.07, 6.45) is -5.06. The van der Waals surface area contributed by atoms with Gasteiger partial charge in [0, 0.05) is 17.3 Å². The average Bonchev–Trinajstić information content (AvgIpc) is 2.60. The highest BCUT2D eigenvalue weighted by Gasteiger charge is 2.34. The number of alkyl halides is 6. The summed E-state index contributed by atoms with van der Waals surface area (Å²) in [5.41, 5.74) is 0.848. The van der Waals surface area contributed by atoms with Crippen molar-refractivity contribution in [1.29, 1.82) is 0 Å². The van der Waals surface area contributed by atoms with Crippen molar-refractivity contribution in [2.24, 2.45) is 0 Å². The van der Waals surface area contributed by atoms with E-state index in [9.17, 15) is 26.3 Å². The summed E-state index contributed by atoms with van der Waals surface area (Å²) < 4.78 is 76.6. The third-order valence-electron chi connectivity index (χ3n) is 4.20. The molecule has 0 spiro atoms. The molecule has 0 saturated heterocycles. The van der Waals surface area contributed by atoms with E-state index in [4.69, 9.17) is 0 Å². The molecule has 1 aromatic carbocycles. The molecule has 0 atom stereocenters. The van der Waals surface area contributed by atoms with Gasteiger partial charge in [-0.1, -0.05) is 24.3 Å². The lowest BCUT2D eigenvalue weighted by Crippen LogP contribution is -2.14. The SMILES string of the molecule is Cc1cnc(-c2ccc(C(F)(F)F)cc2)c(C2=CC=C(C(F)(F)F)CC2)n1. The molecule has 142 valence electrons. The van der Waals surface area contributed by atoms with Gasteiger partial charge in [0.25, 0.3) is 0 Å². The van der Waals surface area contributed by atoms with Crippen LogP contribution in [0.15, 0.2) is 48.2 Å². The summed E-state index contributed by atoms with van der Waals surface area (Å²) in [7, 11) is 0. The molecule has 0 aliphatic heterocycles. The molecule has 1 aromatic heterocycles. The Labute approximate surface area is 151 Å². The molecule has 1 aliphatic rings. The van der Waals surface area contributed by atoms with Crippen LogP contribution in [0.3, 0.4) is 0 Å². The molecule has 0 unspecified atom stereocenters. The highest BCUT2D eigenvalue weighted by atomic mass is 19.4. The van der Waals surface area contributed by atoms with E-state index in [1.165, 1.54) is 24.4 Å². The van der Waals surface area contributed by atoms with Crippen molar-refractivity contribution in [2.75, 3.05) is 0 Å². The van der Waals surface area contributed by atoms with Gasteiger partial charge >= 0.3 is 12.4 Å². The summed E-state index contributed by atoms with van der Waals surface area (Å²) >= 11 is 0. The van der Waals surface area contributed by atoms with Gasteiger partial charge in [-0.15, -0.1) is 0 Å². The lowest BCUT2D eigenvalue weighted by Gasteiger charge is -2.18. The maximum absolute atomic E-state index is 12.8. The summed E-state index contributed by atoms with van der Waals surface area (Å²) in [5.74, 6) is 0. The van der Waals surface area contributed by atoms with Crippen LogP contribution in [0.4, 0.5) is 26.3 Å². The maximum Gasteiger partial charge on any atom is 0.416 e. The Morgan fingerprint density at radius 1 is 0.815 bits per heavy atom. The number of rotatable bonds is 2. The minimum absolute atomic E-state index is 0.122. The van der Waals surface area contributed by atoms with Crippen LogP contribution in [0.25, 0.3) is 16.8 Å². The lowest BCUT2D eigenvalue weighted by molar-refractivity contribution is -0.137. The zero-order valence-electron chi connectivity index (χ0n) is 14.1. The van der Waals surface area contributed by atoms with Crippen molar-refractivity contribution in [2.45, 2.75) is 32.1 Å². The first-order chi connectivity index (χ1) is 12.6. The Kier molecular flexibility index (Phi) is 4.84. The van der Waals surface area contributed by atoms with E-state index in [0.717, 1.165) is 18.2 Å². The highest BCUT2D eigenvalue weighted by molar-refractivity contribution is 5.78. The summed E-state index contributed by atoms with van der Waals surface area (Å²) in [5, 5.41) is 0. The minimum Gasteiger partial charge on any atom is -0.252 e. The van der Waals surface area contributed by atoms with Gasteiger partial charge in [0.1, 0.15) is 0 Å². The summed E-state index contributed by atoms with van der Waals surface area (Å²) in [6, 6.07) is 4.45. The molecular weight excluding hydrogens is 370 g/mol. The topological polar surface area (TPSA) is 25.8 Å². The second-order valence-electron chi connectivity index (χ2n) is 6.17. The average molecular weight is 384 g/mol. The highest BCUT2D eigenvalue weighted by Crippen LogP contribution is 2.38. The van der Waals surface area contributed by atoms with Gasteiger partial charge < -0.3 is 0 Å². The number of hydrogen-bond acceptors (Lipinski definition) is 2. The van der Waals surface area contributed by atoms with Crippen LogP contribution in [-0.2, 0) is 6.18 Å². The first-order valence-electron chi connectivity index (χ1n) is 8.04. The van der Waals surface area contributed by atoms with E-state index >= 15 is 0 Å². The fourth-order valence-electron chi connectivity index (χ4n) is 2.80. The fourth-order valence-corrected chi connectivity index (χ4v) is 2.80. The Hall–Kier alpha value is -2.64. The standard InChI is InChI=1S/C19H14F6N2/c1-11-10-26-16(12-2-6-14(7-3-12)18(20,21)22)17(27-11)13-4-8-15(9-5-13)19(23,24)25/h2-4,6-8,10H,5,9H2,1H3. The molecule has 0 fully saturated rings. The smallest absolute Gasteiger partial charge is 0.252 e. The van der Waals surface area contributed by atoms with Crippen molar-refractivity contribution in [3.8, 4) is 11.3 Å². The molecule has 8 heteroatoms. The van der Waals surface area contributed by atoms with Gasteiger partial charge in [-0.3, -0.25) is 4.98 Å². The van der Waals surface area contributed by atoms with Crippen LogP contribution < -0.4 is 0 Å². The van der Waals surface area contributed by atoms with Crippen LogP contribution in [-0.4, -0.2) is 16.1 Å². The Morgan fingerprint density at radius 2 is 1.48 bits per heavy atom. The first kappa shape index (κ1) is 19.1. The van der Waals surface area contributed by atoms with E-state index < -0.39 is 23.5 Å². The molecule has 2 aromatic rings. The molecule has 0 radical (unpaired) electrons. The van der Waals surface area contributed by atoms with Gasteiger partial charge in [-0.2, -0.15) is 26.3 Å². The third kappa shape index (κ3) is 4.20. The van der Waals surface area contributed by atoms with E-state index in [-0.39, 0.29) is 12.8 Å². The van der Waals surface area contributed by atoms with E-state index in [1.54, 1.807) is 6.92 Å². The fraction of sp³-hybridized carbons (Fsp3) is 0.263. The predicted molar refractivity (Wildman–Crippen MR) is 88.6 cm³/mol. The molecule has 27 heavy (non-hydrogen) atoms. The number of hydrogen-bond donors (Lipinski definition) is 0. The van der Waals surface area contributed by atoms with Gasteiger partial charge in [0.15, 0.2) is 0 Å². The number of halogens is 6. The van der Waals surface area contributed by atoms with E-state index in [1.807, 2.05) is 0 Å². The quantitative estimate of drug-likeness (QED) is 0.582. The van der Waals surface area contributed by atoms with E-state index in [2.05, 4.69) is 9.97 Å². The van der Waals surface area contributed by atoms with Crippen LogP contribution in [0.2, 0.25) is 0 Å². The van der Waals surface area contributed by atoms with Crippen LogP contribution in [0.1, 0.15) is 29.8 Å². The van der Waals surface area contributed by atoms with Crippen LogP contribution >= 0.6 is 0 Å². The summed E-state index contributed by atoms with van der Waals surface area (Å²) in [6.45, 7) is 1.69. The van der Waals surface area contributed by atoms with Crippen molar-refractivity contribution in [3.63, 3.8) is 0 Å². The molecule has 0 amide bonds. The Bertz CT molecular complexity index is 905.